The Bertz CT molecular complexity index is 895. The van der Waals surface area contributed by atoms with Gasteiger partial charge >= 0.3 is 0 Å². The Morgan fingerprint density at radius 2 is 1.78 bits per heavy atom. The molecule has 3 heteroatoms. The molecule has 2 N–H and O–H groups in total. The number of fused-ring (bicyclic) bond motifs is 1. The number of carbonyl (C=O) groups is 1. The lowest BCUT2D eigenvalue weighted by Crippen LogP contribution is -2.29. The van der Waals surface area contributed by atoms with Gasteiger partial charge in [0.2, 0.25) is 5.91 Å². The zero-order valence-corrected chi connectivity index (χ0v) is 15.5. The summed E-state index contributed by atoms with van der Waals surface area (Å²) in [6.45, 7) is 2.12. The van der Waals surface area contributed by atoms with Crippen LogP contribution in [0.25, 0.3) is 10.8 Å². The monoisotopic (exact) mass is 358 g/mol. The van der Waals surface area contributed by atoms with Gasteiger partial charge in [0.05, 0.1) is 6.04 Å². The summed E-state index contributed by atoms with van der Waals surface area (Å²) < 4.78 is 0. The van der Waals surface area contributed by atoms with E-state index in [1.165, 1.54) is 17.2 Å². The van der Waals surface area contributed by atoms with Gasteiger partial charge in [0, 0.05) is 6.42 Å². The van der Waals surface area contributed by atoms with E-state index in [1.807, 2.05) is 18.2 Å². The molecule has 1 aliphatic rings. The van der Waals surface area contributed by atoms with Crippen molar-refractivity contribution in [2.24, 2.45) is 5.92 Å². The van der Waals surface area contributed by atoms with E-state index >= 15 is 0 Å². The molecular weight excluding hydrogens is 332 g/mol. The van der Waals surface area contributed by atoms with Gasteiger partial charge in [-0.2, -0.15) is 0 Å². The van der Waals surface area contributed by atoms with Crippen LogP contribution in [0.2, 0.25) is 0 Å². The average molecular weight is 358 g/mol. The first-order chi connectivity index (χ1) is 13.3. The minimum Gasteiger partial charge on any atom is -0.345 e. The van der Waals surface area contributed by atoms with Crippen molar-refractivity contribution in [2.75, 3.05) is 13.1 Å². The topological polar surface area (TPSA) is 41.1 Å². The van der Waals surface area contributed by atoms with Crippen LogP contribution in [-0.2, 0) is 4.79 Å². The lowest BCUT2D eigenvalue weighted by molar-refractivity contribution is -0.121. The predicted octanol–water partition coefficient (Wildman–Crippen LogP) is 4.44. The van der Waals surface area contributed by atoms with Crippen LogP contribution in [0.4, 0.5) is 0 Å². The summed E-state index contributed by atoms with van der Waals surface area (Å²) in [6.07, 6.45) is 2.72. The van der Waals surface area contributed by atoms with Crippen LogP contribution >= 0.6 is 0 Å². The minimum absolute atomic E-state index is 0.128. The van der Waals surface area contributed by atoms with E-state index in [2.05, 4.69) is 65.2 Å². The summed E-state index contributed by atoms with van der Waals surface area (Å²) in [5, 5.41) is 9.07. The van der Waals surface area contributed by atoms with E-state index in [9.17, 15) is 4.79 Å². The second-order valence-electron chi connectivity index (χ2n) is 7.38. The Labute approximate surface area is 160 Å². The molecule has 3 nitrogen and oxygen atoms in total. The predicted molar refractivity (Wildman–Crippen MR) is 111 cm³/mol. The molecule has 1 amide bonds. The highest BCUT2D eigenvalue weighted by Gasteiger charge is 2.20. The first-order valence-corrected chi connectivity index (χ1v) is 9.84. The quantitative estimate of drug-likeness (QED) is 0.684. The van der Waals surface area contributed by atoms with Crippen molar-refractivity contribution in [1.82, 2.24) is 10.6 Å². The van der Waals surface area contributed by atoms with Crippen LogP contribution in [-0.4, -0.2) is 19.0 Å². The number of nitrogens with one attached hydrogen (secondary N) is 2. The van der Waals surface area contributed by atoms with Crippen LogP contribution in [0.15, 0.2) is 72.8 Å². The molecule has 1 aliphatic heterocycles. The van der Waals surface area contributed by atoms with Crippen molar-refractivity contribution in [1.29, 1.82) is 0 Å². The van der Waals surface area contributed by atoms with E-state index in [0.717, 1.165) is 30.6 Å². The van der Waals surface area contributed by atoms with Gasteiger partial charge in [-0.05, 0) is 53.7 Å². The fraction of sp³-hybridized carbons (Fsp3) is 0.292. The molecule has 0 radical (unpaired) electrons. The van der Waals surface area contributed by atoms with Crippen LogP contribution < -0.4 is 10.6 Å². The molecule has 0 aliphatic carbocycles. The fourth-order valence-electron chi connectivity index (χ4n) is 4.02. The van der Waals surface area contributed by atoms with E-state index in [1.54, 1.807) is 0 Å². The molecule has 0 spiro atoms. The SMILES string of the molecule is O=C(CCC1CCNC1)NC(c1ccccc1)c1cccc2ccccc12. The standard InChI is InChI=1S/C24H26N2O/c27-23(14-13-18-15-16-25-17-18)26-24(20-8-2-1-3-9-20)22-12-6-10-19-7-4-5-11-21(19)22/h1-12,18,24-25H,13-17H2,(H,26,27). The first-order valence-electron chi connectivity index (χ1n) is 9.84. The zero-order chi connectivity index (χ0) is 18.5. The van der Waals surface area contributed by atoms with E-state index in [4.69, 9.17) is 0 Å². The molecule has 2 atom stereocenters. The first kappa shape index (κ1) is 17.7. The molecular formula is C24H26N2O. The molecule has 27 heavy (non-hydrogen) atoms. The maximum Gasteiger partial charge on any atom is 0.220 e. The lowest BCUT2D eigenvalue weighted by Gasteiger charge is -2.22. The van der Waals surface area contributed by atoms with Crippen molar-refractivity contribution >= 4 is 16.7 Å². The Kier molecular flexibility index (Phi) is 5.50. The summed E-state index contributed by atoms with van der Waals surface area (Å²) in [7, 11) is 0. The molecule has 4 rings (SSSR count). The Morgan fingerprint density at radius 1 is 1.00 bits per heavy atom. The minimum atomic E-state index is -0.133. The van der Waals surface area contributed by atoms with Gasteiger partial charge in [-0.1, -0.05) is 72.8 Å². The van der Waals surface area contributed by atoms with Crippen molar-refractivity contribution in [3.63, 3.8) is 0 Å². The number of benzene rings is 3. The number of amides is 1. The second kappa shape index (κ2) is 8.36. The van der Waals surface area contributed by atoms with E-state index in [0.29, 0.717) is 12.3 Å². The van der Waals surface area contributed by atoms with Gasteiger partial charge in [-0.3, -0.25) is 4.79 Å². The van der Waals surface area contributed by atoms with Gasteiger partial charge in [0.1, 0.15) is 0 Å². The van der Waals surface area contributed by atoms with Crippen LogP contribution in [0.5, 0.6) is 0 Å². The number of hydrogen-bond acceptors (Lipinski definition) is 2. The maximum atomic E-state index is 12.8. The molecule has 0 saturated carbocycles. The lowest BCUT2D eigenvalue weighted by atomic mass is 9.93. The molecule has 1 fully saturated rings. The molecule has 1 saturated heterocycles. The molecule has 3 aromatic rings. The normalized spacial score (nSPS) is 17.7. The third-order valence-corrected chi connectivity index (χ3v) is 5.51. The fourth-order valence-corrected chi connectivity index (χ4v) is 4.02. The van der Waals surface area contributed by atoms with E-state index < -0.39 is 0 Å². The van der Waals surface area contributed by atoms with Crippen LogP contribution in [0.3, 0.4) is 0 Å². The molecule has 138 valence electrons. The highest BCUT2D eigenvalue weighted by atomic mass is 16.1. The highest BCUT2D eigenvalue weighted by molar-refractivity contribution is 5.87. The van der Waals surface area contributed by atoms with Crippen molar-refractivity contribution in [3.8, 4) is 0 Å². The summed E-state index contributed by atoms with van der Waals surface area (Å²) >= 11 is 0. The number of hydrogen-bond donors (Lipinski definition) is 2. The smallest absolute Gasteiger partial charge is 0.220 e. The summed E-state index contributed by atoms with van der Waals surface area (Å²) in [4.78, 5) is 12.8. The van der Waals surface area contributed by atoms with Gasteiger partial charge in [0.25, 0.3) is 0 Å². The zero-order valence-electron chi connectivity index (χ0n) is 15.5. The second-order valence-corrected chi connectivity index (χ2v) is 7.38. The molecule has 2 unspecified atom stereocenters. The summed E-state index contributed by atoms with van der Waals surface area (Å²) in [6, 6.07) is 24.8. The van der Waals surface area contributed by atoms with E-state index in [-0.39, 0.29) is 11.9 Å². The largest absolute Gasteiger partial charge is 0.345 e. The molecule has 1 heterocycles. The van der Waals surface area contributed by atoms with Crippen molar-refractivity contribution in [3.05, 3.63) is 83.9 Å². The number of carbonyl (C=O) groups excluding carboxylic acids is 1. The maximum absolute atomic E-state index is 12.8. The van der Waals surface area contributed by atoms with Gasteiger partial charge in [-0.25, -0.2) is 0 Å². The van der Waals surface area contributed by atoms with Gasteiger partial charge in [-0.15, -0.1) is 0 Å². The summed E-state index contributed by atoms with van der Waals surface area (Å²) in [5.41, 5.74) is 2.26. The summed E-state index contributed by atoms with van der Waals surface area (Å²) in [5.74, 6) is 0.757. The highest BCUT2D eigenvalue weighted by Crippen LogP contribution is 2.29. The molecule has 0 bridgehead atoms. The third-order valence-electron chi connectivity index (χ3n) is 5.51. The van der Waals surface area contributed by atoms with Crippen LogP contribution in [0, 0.1) is 5.92 Å². The Hall–Kier alpha value is -2.65. The van der Waals surface area contributed by atoms with Gasteiger partial charge < -0.3 is 10.6 Å². The number of rotatable bonds is 6. The van der Waals surface area contributed by atoms with Crippen LogP contribution in [0.1, 0.15) is 36.4 Å². The van der Waals surface area contributed by atoms with Crippen molar-refractivity contribution in [2.45, 2.75) is 25.3 Å². The molecule has 3 aromatic carbocycles. The third kappa shape index (κ3) is 4.20. The van der Waals surface area contributed by atoms with Crippen molar-refractivity contribution < 1.29 is 4.79 Å². The molecule has 0 aromatic heterocycles. The van der Waals surface area contributed by atoms with Gasteiger partial charge in [0.15, 0.2) is 0 Å². The average Bonchev–Trinajstić information content (AvgIpc) is 3.24. The Morgan fingerprint density at radius 3 is 2.59 bits per heavy atom. The Balaban J connectivity index is 1.60.